The van der Waals surface area contributed by atoms with E-state index in [1.807, 2.05) is 0 Å². The molecular formula is C5H4BrN2. The number of rotatable bonds is 0. The normalized spacial score (nSPS) is 9.25. The van der Waals surface area contributed by atoms with Crippen LogP contribution in [0.2, 0.25) is 0 Å². The second-order valence-corrected chi connectivity index (χ2v) is 2.28. The molecule has 1 heterocycles. The van der Waals surface area contributed by atoms with Gasteiger partial charge in [-0.1, -0.05) is 0 Å². The summed E-state index contributed by atoms with van der Waals surface area (Å²) in [5.74, 6) is 0. The fraction of sp³-hybridized carbons (Fsp3) is 0. The first-order valence-electron chi connectivity index (χ1n) is 2.09. The summed E-state index contributed by atoms with van der Waals surface area (Å²) in [4.78, 5) is 0. The highest BCUT2D eigenvalue weighted by Crippen LogP contribution is 2.05. The summed E-state index contributed by atoms with van der Waals surface area (Å²) < 4.78 is 0.914. The highest BCUT2D eigenvalue weighted by molar-refractivity contribution is 9.10. The molecule has 0 atom stereocenters. The van der Waals surface area contributed by atoms with Gasteiger partial charge < -0.3 is 0 Å². The third-order valence-corrected chi connectivity index (χ3v) is 1.11. The Morgan fingerprint density at radius 3 is 2.75 bits per heavy atom. The van der Waals surface area contributed by atoms with E-state index in [4.69, 9.17) is 0 Å². The van der Waals surface area contributed by atoms with Crippen LogP contribution in [-0.4, -0.2) is 10.2 Å². The van der Waals surface area contributed by atoms with Gasteiger partial charge in [-0.2, -0.15) is 10.2 Å². The van der Waals surface area contributed by atoms with Gasteiger partial charge in [0, 0.05) is 4.47 Å². The van der Waals surface area contributed by atoms with E-state index >= 15 is 0 Å². The number of hydrogen-bond donors (Lipinski definition) is 0. The fourth-order valence-corrected chi connectivity index (χ4v) is 0.739. The molecule has 41 valence electrons. The first kappa shape index (κ1) is 5.69. The summed E-state index contributed by atoms with van der Waals surface area (Å²) >= 11 is 3.22. The molecule has 0 aliphatic rings. The molecule has 1 rings (SSSR count). The van der Waals surface area contributed by atoms with Crippen molar-refractivity contribution in [1.82, 2.24) is 10.2 Å². The Labute approximate surface area is 56.1 Å². The van der Waals surface area contributed by atoms with Crippen LogP contribution in [0.3, 0.4) is 0 Å². The Kier molecular flexibility index (Phi) is 1.58. The van der Waals surface area contributed by atoms with Gasteiger partial charge in [0.1, 0.15) is 0 Å². The van der Waals surface area contributed by atoms with Crippen molar-refractivity contribution < 1.29 is 0 Å². The van der Waals surface area contributed by atoms with Crippen LogP contribution in [0.5, 0.6) is 0 Å². The Morgan fingerprint density at radius 2 is 2.38 bits per heavy atom. The molecule has 8 heavy (non-hydrogen) atoms. The van der Waals surface area contributed by atoms with E-state index < -0.39 is 0 Å². The third kappa shape index (κ3) is 1.26. The van der Waals surface area contributed by atoms with Crippen molar-refractivity contribution in [2.75, 3.05) is 0 Å². The molecule has 3 heteroatoms. The molecule has 0 aliphatic heterocycles. The molecule has 0 saturated heterocycles. The molecule has 0 N–H and O–H groups in total. The predicted octanol–water partition coefficient (Wildman–Crippen LogP) is 1.42. The largest absolute Gasteiger partial charge is 0.158 e. The molecule has 0 aromatic carbocycles. The van der Waals surface area contributed by atoms with Gasteiger partial charge in [0.05, 0.1) is 11.9 Å². The lowest BCUT2D eigenvalue weighted by Crippen LogP contribution is -1.82. The molecule has 0 bridgehead atoms. The van der Waals surface area contributed by atoms with E-state index in [0.717, 1.165) is 4.47 Å². The Balaban J connectivity index is 3.08. The molecule has 2 nitrogen and oxygen atoms in total. The molecule has 0 amide bonds. The molecule has 1 aromatic rings. The van der Waals surface area contributed by atoms with Crippen LogP contribution < -0.4 is 0 Å². The van der Waals surface area contributed by atoms with E-state index in [0.29, 0.717) is 5.69 Å². The highest BCUT2D eigenvalue weighted by Gasteiger charge is 1.85. The SMILES string of the molecule is [CH2]c1cc(Br)cnn1. The maximum atomic E-state index is 3.65. The van der Waals surface area contributed by atoms with Gasteiger partial charge in [0.25, 0.3) is 0 Å². The molecule has 1 radical (unpaired) electrons. The number of hydrogen-bond acceptors (Lipinski definition) is 2. The fourth-order valence-electron chi connectivity index (χ4n) is 0.383. The van der Waals surface area contributed by atoms with Crippen LogP contribution >= 0.6 is 15.9 Å². The van der Waals surface area contributed by atoms with Crippen molar-refractivity contribution in [3.63, 3.8) is 0 Å². The van der Waals surface area contributed by atoms with Crippen molar-refractivity contribution in [3.8, 4) is 0 Å². The zero-order valence-electron chi connectivity index (χ0n) is 4.13. The quantitative estimate of drug-likeness (QED) is 0.591. The van der Waals surface area contributed by atoms with Gasteiger partial charge >= 0.3 is 0 Å². The third-order valence-electron chi connectivity index (χ3n) is 0.672. The first-order chi connectivity index (χ1) is 3.79. The monoisotopic (exact) mass is 171 g/mol. The molecule has 0 saturated carbocycles. The van der Waals surface area contributed by atoms with Crippen LogP contribution in [0.4, 0.5) is 0 Å². The van der Waals surface area contributed by atoms with Crippen molar-refractivity contribution in [3.05, 3.63) is 29.4 Å². The lowest BCUT2D eigenvalue weighted by Gasteiger charge is -1.86. The first-order valence-corrected chi connectivity index (χ1v) is 2.88. The topological polar surface area (TPSA) is 25.8 Å². The van der Waals surface area contributed by atoms with Crippen molar-refractivity contribution in [2.45, 2.75) is 0 Å². The lowest BCUT2D eigenvalue weighted by atomic mass is 10.4. The zero-order chi connectivity index (χ0) is 5.98. The number of nitrogens with zero attached hydrogens (tertiary/aromatic N) is 2. The maximum absolute atomic E-state index is 3.65. The molecule has 0 unspecified atom stereocenters. The van der Waals surface area contributed by atoms with Crippen LogP contribution in [-0.2, 0) is 0 Å². The van der Waals surface area contributed by atoms with E-state index in [2.05, 4.69) is 33.1 Å². The van der Waals surface area contributed by atoms with E-state index in [1.165, 1.54) is 0 Å². The van der Waals surface area contributed by atoms with E-state index in [9.17, 15) is 0 Å². The Bertz CT molecular complexity index is 170. The standard InChI is InChI=1S/C5H4BrN2/c1-4-2-5(6)3-7-8-4/h2-3H,1H2. The summed E-state index contributed by atoms with van der Waals surface area (Å²) in [5, 5.41) is 7.27. The Hall–Kier alpha value is -0.440. The Morgan fingerprint density at radius 1 is 1.62 bits per heavy atom. The average Bonchev–Trinajstić information content (AvgIpc) is 1.64. The highest BCUT2D eigenvalue weighted by atomic mass is 79.9. The summed E-state index contributed by atoms with van der Waals surface area (Å²) in [6.07, 6.45) is 1.62. The van der Waals surface area contributed by atoms with Crippen LogP contribution in [0.1, 0.15) is 5.69 Å². The minimum absolute atomic E-state index is 0.680. The second-order valence-electron chi connectivity index (χ2n) is 1.37. The van der Waals surface area contributed by atoms with Gasteiger partial charge in [-0.15, -0.1) is 0 Å². The number of halogens is 1. The molecule has 0 aliphatic carbocycles. The zero-order valence-corrected chi connectivity index (χ0v) is 5.72. The summed E-state index contributed by atoms with van der Waals surface area (Å²) in [6, 6.07) is 1.80. The van der Waals surface area contributed by atoms with Crippen LogP contribution in [0, 0.1) is 6.92 Å². The van der Waals surface area contributed by atoms with Crippen molar-refractivity contribution in [2.24, 2.45) is 0 Å². The van der Waals surface area contributed by atoms with Crippen LogP contribution in [0.15, 0.2) is 16.7 Å². The average molecular weight is 172 g/mol. The second kappa shape index (κ2) is 2.22. The smallest absolute Gasteiger partial charge is 0.0646 e. The van der Waals surface area contributed by atoms with E-state index in [-0.39, 0.29) is 0 Å². The minimum atomic E-state index is 0.680. The minimum Gasteiger partial charge on any atom is -0.158 e. The van der Waals surface area contributed by atoms with Gasteiger partial charge in [-0.05, 0) is 28.9 Å². The molecule has 1 aromatic heterocycles. The van der Waals surface area contributed by atoms with Gasteiger partial charge in [-0.3, -0.25) is 0 Å². The maximum Gasteiger partial charge on any atom is 0.0646 e. The summed E-state index contributed by atoms with van der Waals surface area (Å²) in [5.41, 5.74) is 0.680. The van der Waals surface area contributed by atoms with E-state index in [1.54, 1.807) is 12.3 Å². The molecule has 0 spiro atoms. The van der Waals surface area contributed by atoms with Gasteiger partial charge in [0.15, 0.2) is 0 Å². The van der Waals surface area contributed by atoms with Gasteiger partial charge in [-0.25, -0.2) is 0 Å². The molecular weight excluding hydrogens is 168 g/mol. The summed E-state index contributed by atoms with van der Waals surface area (Å²) in [7, 11) is 0. The lowest BCUT2D eigenvalue weighted by molar-refractivity contribution is 0.998. The molecule has 0 fully saturated rings. The predicted molar refractivity (Wildman–Crippen MR) is 34.2 cm³/mol. The van der Waals surface area contributed by atoms with Crippen molar-refractivity contribution >= 4 is 15.9 Å². The van der Waals surface area contributed by atoms with Crippen molar-refractivity contribution in [1.29, 1.82) is 0 Å². The number of aromatic nitrogens is 2. The van der Waals surface area contributed by atoms with Crippen LogP contribution in [0.25, 0.3) is 0 Å². The van der Waals surface area contributed by atoms with Gasteiger partial charge in [0.2, 0.25) is 0 Å². The summed E-state index contributed by atoms with van der Waals surface area (Å²) in [6.45, 7) is 3.58.